The van der Waals surface area contributed by atoms with Crippen LogP contribution in [-0.2, 0) is 9.84 Å². The number of halogens is 1. The molecule has 1 heterocycles. The Bertz CT molecular complexity index is 1070. The summed E-state index contributed by atoms with van der Waals surface area (Å²) in [5.41, 5.74) is 2.58. The monoisotopic (exact) mass is 386 g/mol. The third-order valence-corrected chi connectivity index (χ3v) is 5.01. The fourth-order valence-corrected chi connectivity index (χ4v) is 3.42. The van der Waals surface area contributed by atoms with Crippen LogP contribution in [0.4, 0.5) is 5.69 Å². The van der Waals surface area contributed by atoms with Crippen LogP contribution in [0.1, 0.15) is 10.4 Å². The Morgan fingerprint density at radius 3 is 2.42 bits per heavy atom. The minimum Gasteiger partial charge on any atom is -0.322 e. The van der Waals surface area contributed by atoms with Crippen molar-refractivity contribution in [3.63, 3.8) is 0 Å². The first-order valence-electron chi connectivity index (χ1n) is 7.65. The standard InChI is InChI=1S/C19H15ClN2O3S/c1-26(24,25)18-11-16(20)10-17(12-18)22-19(23)15-4-2-3-14(9-15)13-5-7-21-8-6-13/h2-12H,1H3,(H,22,23). The van der Waals surface area contributed by atoms with Crippen molar-refractivity contribution in [3.8, 4) is 11.1 Å². The lowest BCUT2D eigenvalue weighted by Gasteiger charge is -2.09. The molecule has 7 heteroatoms. The molecule has 0 fully saturated rings. The predicted molar refractivity (Wildman–Crippen MR) is 102 cm³/mol. The highest BCUT2D eigenvalue weighted by molar-refractivity contribution is 7.90. The van der Waals surface area contributed by atoms with Crippen molar-refractivity contribution in [2.45, 2.75) is 4.90 Å². The van der Waals surface area contributed by atoms with Crippen molar-refractivity contribution in [2.24, 2.45) is 0 Å². The van der Waals surface area contributed by atoms with Crippen LogP contribution >= 0.6 is 11.6 Å². The van der Waals surface area contributed by atoms with E-state index in [2.05, 4.69) is 10.3 Å². The lowest BCUT2D eigenvalue weighted by Crippen LogP contribution is -2.12. The van der Waals surface area contributed by atoms with Gasteiger partial charge in [-0.1, -0.05) is 23.7 Å². The quantitative estimate of drug-likeness (QED) is 0.733. The molecule has 5 nitrogen and oxygen atoms in total. The highest BCUT2D eigenvalue weighted by Crippen LogP contribution is 2.24. The number of nitrogens with one attached hydrogen (secondary N) is 1. The van der Waals surface area contributed by atoms with Gasteiger partial charge in [0.15, 0.2) is 9.84 Å². The van der Waals surface area contributed by atoms with E-state index in [4.69, 9.17) is 11.6 Å². The second-order valence-electron chi connectivity index (χ2n) is 5.72. The molecule has 0 radical (unpaired) electrons. The highest BCUT2D eigenvalue weighted by Gasteiger charge is 2.13. The molecule has 1 aromatic heterocycles. The predicted octanol–water partition coefficient (Wildman–Crippen LogP) is 4.06. The molecule has 0 bridgehead atoms. The number of amides is 1. The zero-order chi connectivity index (χ0) is 18.7. The van der Waals surface area contributed by atoms with E-state index in [1.807, 2.05) is 18.2 Å². The van der Waals surface area contributed by atoms with Gasteiger partial charge in [0.1, 0.15) is 0 Å². The molecule has 0 aliphatic rings. The highest BCUT2D eigenvalue weighted by atomic mass is 35.5. The summed E-state index contributed by atoms with van der Waals surface area (Å²) < 4.78 is 23.4. The molecule has 0 atom stereocenters. The zero-order valence-electron chi connectivity index (χ0n) is 13.8. The van der Waals surface area contributed by atoms with Gasteiger partial charge in [0.05, 0.1) is 4.90 Å². The molecular formula is C19H15ClN2O3S. The molecule has 1 amide bonds. The van der Waals surface area contributed by atoms with Gasteiger partial charge in [-0.25, -0.2) is 8.42 Å². The third-order valence-electron chi connectivity index (χ3n) is 3.70. The normalized spacial score (nSPS) is 11.2. The van der Waals surface area contributed by atoms with Gasteiger partial charge in [0.25, 0.3) is 5.91 Å². The first-order valence-corrected chi connectivity index (χ1v) is 9.92. The fraction of sp³-hybridized carbons (Fsp3) is 0.0526. The molecule has 0 saturated heterocycles. The maximum Gasteiger partial charge on any atom is 0.255 e. The Morgan fingerprint density at radius 2 is 1.73 bits per heavy atom. The Morgan fingerprint density at radius 1 is 1.00 bits per heavy atom. The van der Waals surface area contributed by atoms with Crippen molar-refractivity contribution in [2.75, 3.05) is 11.6 Å². The molecule has 132 valence electrons. The number of rotatable bonds is 4. The number of benzene rings is 2. The average Bonchev–Trinajstić information content (AvgIpc) is 2.61. The van der Waals surface area contributed by atoms with Crippen molar-refractivity contribution in [1.29, 1.82) is 0 Å². The van der Waals surface area contributed by atoms with Crippen molar-refractivity contribution in [1.82, 2.24) is 4.98 Å². The van der Waals surface area contributed by atoms with E-state index in [1.165, 1.54) is 18.2 Å². The van der Waals surface area contributed by atoms with Crippen LogP contribution < -0.4 is 5.32 Å². The minimum atomic E-state index is -3.43. The van der Waals surface area contributed by atoms with E-state index in [9.17, 15) is 13.2 Å². The van der Waals surface area contributed by atoms with Crippen molar-refractivity contribution in [3.05, 3.63) is 77.6 Å². The summed E-state index contributed by atoms with van der Waals surface area (Å²) in [6.07, 6.45) is 4.45. The maximum atomic E-state index is 12.6. The number of pyridine rings is 1. The van der Waals surface area contributed by atoms with Gasteiger partial charge in [-0.3, -0.25) is 9.78 Å². The number of hydrogen-bond acceptors (Lipinski definition) is 4. The molecule has 0 unspecified atom stereocenters. The summed E-state index contributed by atoms with van der Waals surface area (Å²) in [4.78, 5) is 16.6. The van der Waals surface area contributed by atoms with E-state index < -0.39 is 9.84 Å². The molecule has 2 aromatic carbocycles. The van der Waals surface area contributed by atoms with Gasteiger partial charge in [-0.15, -0.1) is 0 Å². The van der Waals surface area contributed by atoms with E-state index in [-0.39, 0.29) is 15.8 Å². The molecule has 0 spiro atoms. The molecule has 0 saturated carbocycles. The topological polar surface area (TPSA) is 76.1 Å². The van der Waals surface area contributed by atoms with Crippen LogP contribution in [0.25, 0.3) is 11.1 Å². The van der Waals surface area contributed by atoms with Gasteiger partial charge < -0.3 is 5.32 Å². The van der Waals surface area contributed by atoms with Crippen LogP contribution in [0.5, 0.6) is 0 Å². The van der Waals surface area contributed by atoms with Crippen LogP contribution in [0.2, 0.25) is 5.02 Å². The summed E-state index contributed by atoms with van der Waals surface area (Å²) >= 11 is 5.97. The molecule has 3 rings (SSSR count). The number of carbonyl (C=O) groups excluding carboxylic acids is 1. The lowest BCUT2D eigenvalue weighted by molar-refractivity contribution is 0.102. The molecule has 0 aliphatic carbocycles. The van der Waals surface area contributed by atoms with Gasteiger partial charge in [0.2, 0.25) is 0 Å². The Balaban J connectivity index is 1.89. The number of hydrogen-bond donors (Lipinski definition) is 1. The SMILES string of the molecule is CS(=O)(=O)c1cc(Cl)cc(NC(=O)c2cccc(-c3ccncc3)c2)c1. The summed E-state index contributed by atoms with van der Waals surface area (Å²) in [6, 6.07) is 15.1. The van der Waals surface area contributed by atoms with E-state index >= 15 is 0 Å². The summed E-state index contributed by atoms with van der Waals surface area (Å²) in [7, 11) is -3.43. The largest absolute Gasteiger partial charge is 0.322 e. The zero-order valence-corrected chi connectivity index (χ0v) is 15.4. The number of carbonyl (C=O) groups is 1. The fourth-order valence-electron chi connectivity index (χ4n) is 2.44. The van der Waals surface area contributed by atoms with Crippen LogP contribution in [-0.4, -0.2) is 25.6 Å². The molecular weight excluding hydrogens is 372 g/mol. The van der Waals surface area contributed by atoms with Gasteiger partial charge in [-0.2, -0.15) is 0 Å². The first kappa shape index (κ1) is 18.1. The van der Waals surface area contributed by atoms with Crippen LogP contribution in [0, 0.1) is 0 Å². The summed E-state index contributed by atoms with van der Waals surface area (Å²) in [5, 5.41) is 2.92. The molecule has 1 N–H and O–H groups in total. The number of anilines is 1. The Kier molecular flexibility index (Phi) is 5.06. The van der Waals surface area contributed by atoms with Crippen molar-refractivity contribution >= 4 is 33.0 Å². The minimum absolute atomic E-state index is 0.0471. The molecule has 3 aromatic rings. The molecule has 26 heavy (non-hydrogen) atoms. The second-order valence-corrected chi connectivity index (χ2v) is 8.17. The van der Waals surface area contributed by atoms with Gasteiger partial charge >= 0.3 is 0 Å². The number of nitrogens with zero attached hydrogens (tertiary/aromatic N) is 1. The first-order chi connectivity index (χ1) is 12.3. The average molecular weight is 387 g/mol. The van der Waals surface area contributed by atoms with E-state index in [0.717, 1.165) is 17.4 Å². The lowest BCUT2D eigenvalue weighted by atomic mass is 10.0. The Labute approximate surface area is 156 Å². The Hall–Kier alpha value is -2.70. The number of aromatic nitrogens is 1. The van der Waals surface area contributed by atoms with Crippen LogP contribution in [0.3, 0.4) is 0 Å². The maximum absolute atomic E-state index is 12.6. The van der Waals surface area contributed by atoms with Crippen molar-refractivity contribution < 1.29 is 13.2 Å². The third kappa shape index (κ3) is 4.28. The summed E-state index contributed by atoms with van der Waals surface area (Å²) in [6.45, 7) is 0. The molecule has 0 aliphatic heterocycles. The second kappa shape index (κ2) is 7.27. The van der Waals surface area contributed by atoms with E-state index in [0.29, 0.717) is 11.3 Å². The summed E-state index contributed by atoms with van der Waals surface area (Å²) in [5.74, 6) is -0.359. The smallest absolute Gasteiger partial charge is 0.255 e. The van der Waals surface area contributed by atoms with E-state index in [1.54, 1.807) is 30.6 Å². The van der Waals surface area contributed by atoms with Gasteiger partial charge in [-0.05, 0) is 53.6 Å². The van der Waals surface area contributed by atoms with Gasteiger partial charge in [0, 0.05) is 34.9 Å². The van der Waals surface area contributed by atoms with Crippen LogP contribution in [0.15, 0.2) is 71.9 Å². The number of sulfone groups is 1.